The summed E-state index contributed by atoms with van der Waals surface area (Å²) < 4.78 is 44.0. The van der Waals surface area contributed by atoms with Crippen molar-refractivity contribution in [2.24, 2.45) is 5.16 Å². The Kier molecular flexibility index (Phi) is 9.29. The highest BCUT2D eigenvalue weighted by Crippen LogP contribution is 2.30. The Morgan fingerprint density at radius 2 is 2.00 bits per heavy atom. The Labute approximate surface area is 182 Å². The first-order valence-corrected chi connectivity index (χ1v) is 9.53. The standard InChI is InChI=1S/C18H17F3IN3O5/c19-13-8-11(22)1-2-14(13)24-17-12(18(28)25-30-6-4-27)7-10(15(20)16(17)21)9-23-29-5-3-26/h1-2,7-9,24,26-27H,3-6H2,(H,25,28)/p+1/b23-9+. The lowest BCUT2D eigenvalue weighted by molar-refractivity contribution is 0.0168. The number of hydroxylamine groups is 1. The SMILES string of the molecule is O=C(NOCCO)c1cc(/C=N/OCC[OH2+])c(F)c(F)c1Nc1ccc(I)cc1F. The number of anilines is 2. The summed E-state index contributed by atoms with van der Waals surface area (Å²) in [6.45, 7) is -0.773. The van der Waals surface area contributed by atoms with Crippen LogP contribution in [0.5, 0.6) is 0 Å². The average Bonchev–Trinajstić information content (AvgIpc) is 2.72. The van der Waals surface area contributed by atoms with Gasteiger partial charge in [0, 0.05) is 9.13 Å². The average molecular weight is 540 g/mol. The summed E-state index contributed by atoms with van der Waals surface area (Å²) in [6.07, 6.45) is 0.842. The van der Waals surface area contributed by atoms with E-state index in [4.69, 9.17) is 15.1 Å². The van der Waals surface area contributed by atoms with Crippen LogP contribution in [0.1, 0.15) is 15.9 Å². The number of carbonyl (C=O) groups is 1. The Morgan fingerprint density at radius 3 is 2.67 bits per heavy atom. The Hall–Kier alpha value is -2.42. The van der Waals surface area contributed by atoms with E-state index in [0.29, 0.717) is 3.57 Å². The van der Waals surface area contributed by atoms with E-state index >= 15 is 0 Å². The van der Waals surface area contributed by atoms with Crippen molar-refractivity contribution in [2.45, 2.75) is 0 Å². The van der Waals surface area contributed by atoms with Crippen LogP contribution in [0.4, 0.5) is 24.5 Å². The normalized spacial score (nSPS) is 11.0. The highest BCUT2D eigenvalue weighted by Gasteiger charge is 2.23. The van der Waals surface area contributed by atoms with Crippen LogP contribution >= 0.6 is 22.6 Å². The number of halogens is 4. The summed E-state index contributed by atoms with van der Waals surface area (Å²) in [5.41, 5.74) is 0.344. The summed E-state index contributed by atoms with van der Waals surface area (Å²) in [7, 11) is 0. The van der Waals surface area contributed by atoms with Gasteiger partial charge in [0.15, 0.2) is 24.8 Å². The van der Waals surface area contributed by atoms with E-state index in [2.05, 4.69) is 15.3 Å². The predicted octanol–water partition coefficient (Wildman–Crippen LogP) is 2.18. The maximum absolute atomic E-state index is 14.8. The van der Waals surface area contributed by atoms with Crippen LogP contribution in [0.25, 0.3) is 0 Å². The molecule has 0 spiro atoms. The molecule has 2 aromatic carbocycles. The van der Waals surface area contributed by atoms with Crippen LogP contribution in [-0.4, -0.2) is 48.8 Å². The fourth-order valence-corrected chi connectivity index (χ4v) is 2.63. The molecule has 0 aliphatic rings. The zero-order chi connectivity index (χ0) is 22.1. The summed E-state index contributed by atoms with van der Waals surface area (Å²) in [5.74, 6) is -4.52. The molecule has 0 atom stereocenters. The molecular formula is C18H18F3IN3O5+. The number of carbonyl (C=O) groups excluding carboxylic acids is 1. The lowest BCUT2D eigenvalue weighted by Gasteiger charge is -2.15. The van der Waals surface area contributed by atoms with Gasteiger partial charge < -0.3 is 20.4 Å². The largest absolute Gasteiger partial charge is 0.443 e. The zero-order valence-corrected chi connectivity index (χ0v) is 17.5. The van der Waals surface area contributed by atoms with E-state index in [1.165, 1.54) is 18.2 Å². The molecule has 0 saturated carbocycles. The molecule has 12 heteroatoms. The number of nitrogens with zero attached hydrogens (tertiary/aromatic N) is 1. The smallest absolute Gasteiger partial charge is 0.277 e. The van der Waals surface area contributed by atoms with Gasteiger partial charge in [-0.15, -0.1) is 0 Å². The van der Waals surface area contributed by atoms with E-state index in [1.807, 2.05) is 28.1 Å². The fourth-order valence-electron chi connectivity index (χ4n) is 2.18. The zero-order valence-electron chi connectivity index (χ0n) is 15.3. The van der Waals surface area contributed by atoms with E-state index in [1.54, 1.807) is 0 Å². The molecular weight excluding hydrogens is 522 g/mol. The van der Waals surface area contributed by atoms with Gasteiger partial charge in [-0.05, 0) is 46.9 Å². The van der Waals surface area contributed by atoms with E-state index < -0.39 is 40.2 Å². The van der Waals surface area contributed by atoms with Crippen molar-refractivity contribution in [2.75, 3.05) is 31.7 Å². The van der Waals surface area contributed by atoms with Crippen LogP contribution < -0.4 is 10.8 Å². The first-order chi connectivity index (χ1) is 14.4. The number of rotatable bonds is 10. The Balaban J connectivity index is 2.47. The third-order valence-corrected chi connectivity index (χ3v) is 4.16. The molecule has 0 saturated heterocycles. The first kappa shape index (κ1) is 23.9. The van der Waals surface area contributed by atoms with Crippen LogP contribution in [0, 0.1) is 21.0 Å². The van der Waals surface area contributed by atoms with Crippen molar-refractivity contribution in [3.05, 3.63) is 56.4 Å². The van der Waals surface area contributed by atoms with Crippen molar-refractivity contribution in [1.82, 2.24) is 5.48 Å². The van der Waals surface area contributed by atoms with Crippen molar-refractivity contribution in [1.29, 1.82) is 0 Å². The van der Waals surface area contributed by atoms with Gasteiger partial charge in [-0.25, -0.2) is 18.7 Å². The molecule has 0 aliphatic carbocycles. The van der Waals surface area contributed by atoms with Gasteiger partial charge in [-0.2, -0.15) is 0 Å². The van der Waals surface area contributed by atoms with Crippen molar-refractivity contribution >= 4 is 46.1 Å². The molecule has 1 amide bonds. The van der Waals surface area contributed by atoms with Crippen LogP contribution in [0.3, 0.4) is 0 Å². The summed E-state index contributed by atoms with van der Waals surface area (Å²) in [4.78, 5) is 21.8. The van der Waals surface area contributed by atoms with Gasteiger partial charge in [-0.3, -0.25) is 9.63 Å². The van der Waals surface area contributed by atoms with Crippen LogP contribution in [0.15, 0.2) is 29.4 Å². The second-order valence-corrected chi connectivity index (χ2v) is 6.83. The number of amides is 1. The third-order valence-electron chi connectivity index (χ3n) is 3.49. The number of benzene rings is 2. The molecule has 0 heterocycles. The molecule has 0 fully saturated rings. The van der Waals surface area contributed by atoms with Gasteiger partial charge in [0.1, 0.15) is 5.82 Å². The second-order valence-electron chi connectivity index (χ2n) is 5.59. The lowest BCUT2D eigenvalue weighted by Crippen LogP contribution is -2.26. The number of aliphatic hydroxyl groups is 1. The second kappa shape index (κ2) is 11.7. The number of hydrogen-bond donors (Lipinski definition) is 3. The predicted molar refractivity (Wildman–Crippen MR) is 111 cm³/mol. The molecule has 0 aromatic heterocycles. The molecule has 2 rings (SSSR count). The van der Waals surface area contributed by atoms with Gasteiger partial charge in [-0.1, -0.05) is 5.16 Å². The quantitative estimate of drug-likeness (QED) is 0.141. The molecule has 0 bridgehead atoms. The highest BCUT2D eigenvalue weighted by molar-refractivity contribution is 14.1. The first-order valence-electron chi connectivity index (χ1n) is 8.46. The summed E-state index contributed by atoms with van der Waals surface area (Å²) in [5, 5.41) is 21.5. The number of aliphatic hydroxyl groups excluding tert-OH is 1. The minimum Gasteiger partial charge on any atom is -0.443 e. The topological polar surface area (TPSA) is 115 Å². The molecule has 0 radical (unpaired) electrons. The number of nitrogens with one attached hydrogen (secondary N) is 2. The molecule has 2 aromatic rings. The summed E-state index contributed by atoms with van der Waals surface area (Å²) >= 11 is 1.88. The molecule has 8 nitrogen and oxygen atoms in total. The minimum atomic E-state index is -1.45. The summed E-state index contributed by atoms with van der Waals surface area (Å²) in [6, 6.07) is 4.99. The van der Waals surface area contributed by atoms with Crippen molar-refractivity contribution in [3.63, 3.8) is 0 Å². The third kappa shape index (κ3) is 6.29. The van der Waals surface area contributed by atoms with E-state index in [-0.39, 0.29) is 32.1 Å². The Bertz CT molecular complexity index is 930. The van der Waals surface area contributed by atoms with Crippen molar-refractivity contribution < 1.29 is 37.9 Å². The van der Waals surface area contributed by atoms with Gasteiger partial charge in [0.2, 0.25) is 0 Å². The van der Waals surface area contributed by atoms with E-state index in [0.717, 1.165) is 12.3 Å². The molecule has 0 aliphatic heterocycles. The van der Waals surface area contributed by atoms with Crippen LogP contribution in [-0.2, 0) is 9.68 Å². The lowest BCUT2D eigenvalue weighted by atomic mass is 10.1. The number of hydrogen-bond acceptors (Lipinski definition) is 6. The Morgan fingerprint density at radius 1 is 1.23 bits per heavy atom. The van der Waals surface area contributed by atoms with Crippen LogP contribution in [0.2, 0.25) is 0 Å². The fraction of sp³-hybridized carbons (Fsp3) is 0.222. The monoisotopic (exact) mass is 540 g/mol. The minimum absolute atomic E-state index is 0.0608. The van der Waals surface area contributed by atoms with Gasteiger partial charge >= 0.3 is 0 Å². The molecule has 162 valence electrons. The molecule has 0 unspecified atom stereocenters. The van der Waals surface area contributed by atoms with Gasteiger partial charge in [0.05, 0.1) is 36.4 Å². The number of oxime groups is 1. The maximum atomic E-state index is 14.8. The highest BCUT2D eigenvalue weighted by atomic mass is 127. The van der Waals surface area contributed by atoms with Crippen molar-refractivity contribution in [3.8, 4) is 0 Å². The molecule has 30 heavy (non-hydrogen) atoms. The van der Waals surface area contributed by atoms with E-state index in [9.17, 15) is 18.0 Å². The molecule has 5 N–H and O–H groups in total. The maximum Gasteiger partial charge on any atom is 0.277 e. The van der Waals surface area contributed by atoms with Gasteiger partial charge in [0.25, 0.3) is 5.91 Å².